The number of hydrogen-bond donors (Lipinski definition) is 0. The monoisotopic (exact) mass is 365 g/mol. The minimum absolute atomic E-state index is 0.126. The van der Waals surface area contributed by atoms with Gasteiger partial charge in [0.05, 0.1) is 5.75 Å². The van der Waals surface area contributed by atoms with E-state index in [0.717, 1.165) is 38.5 Å². The molecule has 0 spiro atoms. The molecular formula is C20H31NO3S. The minimum atomic E-state index is -3.28. The molecule has 1 aliphatic carbocycles. The highest BCUT2D eigenvalue weighted by atomic mass is 32.2. The first-order valence-electron chi connectivity index (χ1n) is 9.44. The van der Waals surface area contributed by atoms with Crippen molar-refractivity contribution in [3.05, 3.63) is 35.9 Å². The van der Waals surface area contributed by atoms with E-state index < -0.39 is 9.84 Å². The van der Waals surface area contributed by atoms with E-state index >= 15 is 0 Å². The lowest BCUT2D eigenvalue weighted by Crippen LogP contribution is -2.42. The third-order valence-corrected chi connectivity index (χ3v) is 6.91. The van der Waals surface area contributed by atoms with Gasteiger partial charge in [-0.05, 0) is 43.6 Å². The van der Waals surface area contributed by atoms with Crippen LogP contribution < -0.4 is 0 Å². The summed E-state index contributed by atoms with van der Waals surface area (Å²) in [6.07, 6.45) is 6.51. The van der Waals surface area contributed by atoms with Crippen LogP contribution in [0.5, 0.6) is 0 Å². The topological polar surface area (TPSA) is 54.5 Å². The van der Waals surface area contributed by atoms with Crippen molar-refractivity contribution in [2.45, 2.75) is 63.8 Å². The van der Waals surface area contributed by atoms with E-state index in [1.807, 2.05) is 13.0 Å². The van der Waals surface area contributed by atoms with Gasteiger partial charge in [-0.2, -0.15) is 0 Å². The molecule has 0 radical (unpaired) electrons. The predicted molar refractivity (Wildman–Crippen MR) is 102 cm³/mol. The smallest absolute Gasteiger partial charge is 0.237 e. The highest BCUT2D eigenvalue weighted by molar-refractivity contribution is 7.92. The fourth-order valence-electron chi connectivity index (χ4n) is 3.66. The van der Waals surface area contributed by atoms with Gasteiger partial charge in [-0.1, -0.05) is 50.1 Å². The SMILES string of the molecule is CCCCCS(=O)(=O)CC(=O)N(C)C1CCC(c2ccccc2)CC1. The van der Waals surface area contributed by atoms with Crippen molar-refractivity contribution in [2.75, 3.05) is 18.6 Å². The molecular weight excluding hydrogens is 334 g/mol. The number of unbranched alkanes of at least 4 members (excludes halogenated alkanes) is 2. The first-order valence-corrected chi connectivity index (χ1v) is 11.3. The average Bonchev–Trinajstić information content (AvgIpc) is 2.61. The number of carbonyl (C=O) groups is 1. The Kier molecular flexibility index (Phi) is 7.48. The predicted octanol–water partition coefficient (Wildman–Crippen LogP) is 3.78. The van der Waals surface area contributed by atoms with Crippen molar-refractivity contribution in [1.29, 1.82) is 0 Å². The summed E-state index contributed by atoms with van der Waals surface area (Å²) in [6.45, 7) is 2.04. The Bertz CT molecular complexity index is 634. The summed E-state index contributed by atoms with van der Waals surface area (Å²) in [5.74, 6) is 0.0888. The van der Waals surface area contributed by atoms with Gasteiger partial charge in [0.1, 0.15) is 5.75 Å². The average molecular weight is 366 g/mol. The van der Waals surface area contributed by atoms with Crippen molar-refractivity contribution in [3.8, 4) is 0 Å². The Morgan fingerprint density at radius 1 is 1.08 bits per heavy atom. The fourth-order valence-corrected chi connectivity index (χ4v) is 5.03. The lowest BCUT2D eigenvalue weighted by Gasteiger charge is -2.35. The molecule has 140 valence electrons. The molecule has 0 aromatic heterocycles. The van der Waals surface area contributed by atoms with Crippen LogP contribution in [0.2, 0.25) is 0 Å². The third-order valence-electron chi connectivity index (χ3n) is 5.31. The largest absolute Gasteiger partial charge is 0.342 e. The van der Waals surface area contributed by atoms with Gasteiger partial charge in [0.15, 0.2) is 9.84 Å². The maximum absolute atomic E-state index is 12.4. The van der Waals surface area contributed by atoms with Gasteiger partial charge < -0.3 is 4.90 Å². The third kappa shape index (κ3) is 6.14. The second-order valence-electron chi connectivity index (χ2n) is 7.22. The summed E-state index contributed by atoms with van der Waals surface area (Å²) in [7, 11) is -1.52. The molecule has 0 bridgehead atoms. The van der Waals surface area contributed by atoms with E-state index in [1.165, 1.54) is 5.56 Å². The fraction of sp³-hybridized carbons (Fsp3) is 0.650. The maximum Gasteiger partial charge on any atom is 0.237 e. The molecule has 1 aliphatic rings. The molecule has 0 saturated heterocycles. The summed E-state index contributed by atoms with van der Waals surface area (Å²) in [5.41, 5.74) is 1.37. The Morgan fingerprint density at radius 2 is 1.72 bits per heavy atom. The van der Waals surface area contributed by atoms with Crippen LogP contribution in [0.15, 0.2) is 30.3 Å². The Morgan fingerprint density at radius 3 is 2.32 bits per heavy atom. The quantitative estimate of drug-likeness (QED) is 0.659. The van der Waals surface area contributed by atoms with Crippen molar-refractivity contribution in [2.24, 2.45) is 0 Å². The second-order valence-corrected chi connectivity index (χ2v) is 9.40. The number of hydrogen-bond acceptors (Lipinski definition) is 3. The lowest BCUT2D eigenvalue weighted by atomic mass is 9.81. The lowest BCUT2D eigenvalue weighted by molar-refractivity contribution is -0.129. The van der Waals surface area contributed by atoms with Crippen LogP contribution in [-0.2, 0) is 14.6 Å². The van der Waals surface area contributed by atoms with Crippen LogP contribution in [0.4, 0.5) is 0 Å². The van der Waals surface area contributed by atoms with Gasteiger partial charge in [0.25, 0.3) is 0 Å². The van der Waals surface area contributed by atoms with Gasteiger partial charge in [0, 0.05) is 13.1 Å². The zero-order valence-electron chi connectivity index (χ0n) is 15.5. The van der Waals surface area contributed by atoms with E-state index in [4.69, 9.17) is 0 Å². The number of sulfone groups is 1. The standard InChI is InChI=1S/C20H31NO3S/c1-3-4-8-15-25(23,24)16-20(22)21(2)19-13-11-18(12-14-19)17-9-6-5-7-10-17/h5-7,9-10,18-19H,3-4,8,11-16H2,1-2H3. The van der Waals surface area contributed by atoms with Crippen LogP contribution in [0, 0.1) is 0 Å². The summed E-state index contributed by atoms with van der Waals surface area (Å²) in [5, 5.41) is 0. The molecule has 0 heterocycles. The molecule has 0 atom stereocenters. The Labute approximate surface area is 152 Å². The van der Waals surface area contributed by atoms with Crippen LogP contribution in [0.25, 0.3) is 0 Å². The molecule has 1 aromatic rings. The summed E-state index contributed by atoms with van der Waals surface area (Å²) in [6, 6.07) is 10.7. The number of amides is 1. The minimum Gasteiger partial charge on any atom is -0.342 e. The van der Waals surface area contributed by atoms with Crippen LogP contribution >= 0.6 is 0 Å². The zero-order valence-corrected chi connectivity index (χ0v) is 16.3. The molecule has 1 fully saturated rings. The van der Waals surface area contributed by atoms with E-state index in [0.29, 0.717) is 12.3 Å². The Balaban J connectivity index is 1.83. The maximum atomic E-state index is 12.4. The van der Waals surface area contributed by atoms with E-state index in [1.54, 1.807) is 11.9 Å². The molecule has 2 rings (SSSR count). The highest BCUT2D eigenvalue weighted by Gasteiger charge is 2.29. The molecule has 0 N–H and O–H groups in total. The number of nitrogens with zero attached hydrogens (tertiary/aromatic N) is 1. The van der Waals surface area contributed by atoms with Gasteiger partial charge >= 0.3 is 0 Å². The molecule has 1 aromatic carbocycles. The zero-order chi connectivity index (χ0) is 18.3. The van der Waals surface area contributed by atoms with E-state index in [2.05, 4.69) is 24.3 Å². The van der Waals surface area contributed by atoms with Crippen molar-refractivity contribution < 1.29 is 13.2 Å². The first-order chi connectivity index (χ1) is 11.9. The number of carbonyl (C=O) groups excluding carboxylic acids is 1. The number of rotatable bonds is 8. The molecule has 25 heavy (non-hydrogen) atoms. The van der Waals surface area contributed by atoms with Gasteiger partial charge in [0.2, 0.25) is 5.91 Å². The summed E-state index contributed by atoms with van der Waals surface area (Å²) >= 11 is 0. The number of benzene rings is 1. The van der Waals surface area contributed by atoms with Gasteiger partial charge in [-0.15, -0.1) is 0 Å². The molecule has 5 heteroatoms. The molecule has 4 nitrogen and oxygen atoms in total. The highest BCUT2D eigenvalue weighted by Crippen LogP contribution is 2.34. The van der Waals surface area contributed by atoms with Crippen LogP contribution in [-0.4, -0.2) is 43.8 Å². The van der Waals surface area contributed by atoms with Crippen molar-refractivity contribution in [3.63, 3.8) is 0 Å². The molecule has 0 unspecified atom stereocenters. The second kappa shape index (κ2) is 9.37. The Hall–Kier alpha value is -1.36. The first kappa shape index (κ1) is 20.0. The van der Waals surface area contributed by atoms with Crippen molar-refractivity contribution in [1.82, 2.24) is 4.90 Å². The van der Waals surface area contributed by atoms with Gasteiger partial charge in [-0.25, -0.2) is 8.42 Å². The summed E-state index contributed by atoms with van der Waals surface area (Å²) in [4.78, 5) is 14.1. The van der Waals surface area contributed by atoms with Crippen LogP contribution in [0.1, 0.15) is 63.4 Å². The van der Waals surface area contributed by atoms with E-state index in [-0.39, 0.29) is 23.5 Å². The van der Waals surface area contributed by atoms with E-state index in [9.17, 15) is 13.2 Å². The summed E-state index contributed by atoms with van der Waals surface area (Å²) < 4.78 is 24.2. The molecule has 1 amide bonds. The molecule has 0 aliphatic heterocycles. The molecule has 1 saturated carbocycles. The van der Waals surface area contributed by atoms with Crippen LogP contribution in [0.3, 0.4) is 0 Å². The normalized spacial score (nSPS) is 21.0. The van der Waals surface area contributed by atoms with Gasteiger partial charge in [-0.3, -0.25) is 4.79 Å². The van der Waals surface area contributed by atoms with Crippen molar-refractivity contribution >= 4 is 15.7 Å².